The third-order valence-electron chi connectivity index (χ3n) is 11.9. The Bertz CT molecular complexity index is 1000. The molecule has 4 saturated carbocycles. The molecule has 0 spiro atoms. The first kappa shape index (κ1) is 26.8. The fourth-order valence-corrected chi connectivity index (χ4v) is 9.76. The van der Waals surface area contributed by atoms with Gasteiger partial charge in [0, 0.05) is 24.3 Å². The Labute approximate surface area is 223 Å². The Morgan fingerprint density at radius 3 is 2.50 bits per heavy atom. The van der Waals surface area contributed by atoms with Crippen molar-refractivity contribution in [3.05, 3.63) is 11.6 Å². The molecule has 1 unspecified atom stereocenters. The molecule has 2 heterocycles. The highest BCUT2D eigenvalue weighted by atomic mass is 16.7. The van der Waals surface area contributed by atoms with E-state index in [1.807, 2.05) is 0 Å². The highest BCUT2D eigenvalue weighted by molar-refractivity contribution is 5.85. The van der Waals surface area contributed by atoms with Crippen LogP contribution < -0.4 is 0 Å². The van der Waals surface area contributed by atoms with Crippen molar-refractivity contribution in [3.8, 4) is 0 Å². The third-order valence-corrected chi connectivity index (χ3v) is 11.9. The van der Waals surface area contributed by atoms with Crippen LogP contribution in [-0.2, 0) is 23.8 Å². The first-order valence-electron chi connectivity index (χ1n) is 14.4. The number of aldehydes is 1. The van der Waals surface area contributed by atoms with Crippen LogP contribution in [0.5, 0.6) is 0 Å². The van der Waals surface area contributed by atoms with E-state index in [0.717, 1.165) is 31.1 Å². The maximum Gasteiger partial charge on any atom is 0.331 e. The lowest BCUT2D eigenvalue weighted by atomic mass is 9.41. The number of hydrogen-bond acceptors (Lipinski definition) is 9. The summed E-state index contributed by atoms with van der Waals surface area (Å²) in [5, 5.41) is 44.6. The van der Waals surface area contributed by atoms with Crippen LogP contribution in [0.25, 0.3) is 0 Å². The summed E-state index contributed by atoms with van der Waals surface area (Å²) in [4.78, 5) is 24.7. The van der Waals surface area contributed by atoms with Crippen molar-refractivity contribution in [3.63, 3.8) is 0 Å². The summed E-state index contributed by atoms with van der Waals surface area (Å²) in [6, 6.07) is 0. The SMILES string of the molecule is C[C@H]1O[C@@H](O[C@H]2CC[C@]3(C=O)[C@H]4CC[C@]5(C)[C@@H](C6=CC(=O)OC6)CC[C@]5(O)C4CC[C@]3(O)C2)C[C@@H](O)[C@@H]1O. The van der Waals surface area contributed by atoms with Gasteiger partial charge in [0.1, 0.15) is 19.0 Å². The average molecular weight is 535 g/mol. The van der Waals surface area contributed by atoms with Gasteiger partial charge in [-0.05, 0) is 81.6 Å². The molecule has 0 bridgehead atoms. The van der Waals surface area contributed by atoms with Crippen LogP contribution in [-0.4, -0.2) is 81.2 Å². The van der Waals surface area contributed by atoms with Crippen LogP contribution in [0.2, 0.25) is 0 Å². The second-order valence-electron chi connectivity index (χ2n) is 13.3. The summed E-state index contributed by atoms with van der Waals surface area (Å²) < 4.78 is 17.1. The summed E-state index contributed by atoms with van der Waals surface area (Å²) in [6.07, 6.45) is 4.50. The summed E-state index contributed by atoms with van der Waals surface area (Å²) >= 11 is 0. The van der Waals surface area contributed by atoms with Crippen LogP contribution in [0.3, 0.4) is 0 Å². The maximum atomic E-state index is 12.9. The maximum absolute atomic E-state index is 12.9. The predicted octanol–water partition coefficient (Wildman–Crippen LogP) is 1.78. The minimum absolute atomic E-state index is 0.0729. The highest BCUT2D eigenvalue weighted by Gasteiger charge is 2.71. The fraction of sp³-hybridized carbons (Fsp3) is 0.862. The molecule has 0 aromatic rings. The quantitative estimate of drug-likeness (QED) is 0.241. The predicted molar refractivity (Wildman–Crippen MR) is 133 cm³/mol. The van der Waals surface area contributed by atoms with Gasteiger partial charge in [0.05, 0.1) is 34.9 Å². The topological polar surface area (TPSA) is 143 Å². The van der Waals surface area contributed by atoms with Gasteiger partial charge in [-0.1, -0.05) is 6.92 Å². The molecule has 38 heavy (non-hydrogen) atoms. The lowest BCUT2D eigenvalue weighted by molar-refractivity contribution is -0.286. The lowest BCUT2D eigenvalue weighted by Gasteiger charge is -2.65. The van der Waals surface area contributed by atoms with Crippen molar-refractivity contribution in [1.82, 2.24) is 0 Å². The van der Waals surface area contributed by atoms with E-state index in [4.69, 9.17) is 14.2 Å². The molecule has 0 aromatic heterocycles. The molecule has 5 fully saturated rings. The van der Waals surface area contributed by atoms with Gasteiger partial charge in [0.25, 0.3) is 0 Å². The molecule has 4 aliphatic carbocycles. The van der Waals surface area contributed by atoms with E-state index in [1.165, 1.54) is 0 Å². The summed E-state index contributed by atoms with van der Waals surface area (Å²) in [5.41, 5.74) is -2.60. The summed E-state index contributed by atoms with van der Waals surface area (Å²) in [7, 11) is 0. The van der Waals surface area contributed by atoms with Gasteiger partial charge >= 0.3 is 5.97 Å². The minimum atomic E-state index is -1.24. The van der Waals surface area contributed by atoms with E-state index in [9.17, 15) is 30.0 Å². The number of cyclic esters (lactones) is 1. The zero-order valence-corrected chi connectivity index (χ0v) is 22.4. The number of aliphatic hydroxyl groups is 4. The number of fused-ring (bicyclic) bond motifs is 5. The highest BCUT2D eigenvalue weighted by Crippen LogP contribution is 2.70. The number of carbonyl (C=O) groups excluding carboxylic acids is 2. The van der Waals surface area contributed by atoms with Crippen molar-refractivity contribution in [1.29, 1.82) is 0 Å². The Balaban J connectivity index is 1.22. The Kier molecular flexibility index (Phi) is 6.41. The number of rotatable bonds is 4. The zero-order valence-electron chi connectivity index (χ0n) is 22.4. The van der Waals surface area contributed by atoms with Gasteiger partial charge < -0.3 is 39.4 Å². The molecule has 0 radical (unpaired) electrons. The molecule has 0 aromatic carbocycles. The van der Waals surface area contributed by atoms with Gasteiger partial charge in [-0.2, -0.15) is 0 Å². The number of esters is 1. The van der Waals surface area contributed by atoms with Crippen LogP contribution in [0.4, 0.5) is 0 Å². The molecule has 2 aliphatic heterocycles. The largest absolute Gasteiger partial charge is 0.458 e. The number of aliphatic hydroxyl groups excluding tert-OH is 2. The van der Waals surface area contributed by atoms with Crippen LogP contribution in [0.15, 0.2) is 11.6 Å². The molecule has 6 rings (SSSR count). The van der Waals surface area contributed by atoms with E-state index >= 15 is 0 Å². The van der Waals surface area contributed by atoms with Crippen LogP contribution >= 0.6 is 0 Å². The minimum Gasteiger partial charge on any atom is -0.458 e. The first-order chi connectivity index (χ1) is 18.0. The first-order valence-corrected chi connectivity index (χ1v) is 14.4. The van der Waals surface area contributed by atoms with E-state index in [2.05, 4.69) is 6.92 Å². The molecule has 0 amide bonds. The van der Waals surface area contributed by atoms with Crippen molar-refractivity contribution < 1.29 is 44.2 Å². The monoisotopic (exact) mass is 534 g/mol. The van der Waals surface area contributed by atoms with Gasteiger partial charge in [0.15, 0.2) is 6.29 Å². The second-order valence-corrected chi connectivity index (χ2v) is 13.3. The fourth-order valence-electron chi connectivity index (χ4n) is 9.76. The Morgan fingerprint density at radius 2 is 1.82 bits per heavy atom. The summed E-state index contributed by atoms with van der Waals surface area (Å²) in [5.74, 6) is -0.473. The molecule has 12 atom stereocenters. The van der Waals surface area contributed by atoms with Crippen molar-refractivity contribution in [2.75, 3.05) is 6.61 Å². The molecule has 212 valence electrons. The molecule has 4 N–H and O–H groups in total. The normalized spacial score (nSPS) is 54.4. The molecule has 9 heteroatoms. The number of carbonyl (C=O) groups is 2. The average Bonchev–Trinajstić information content (AvgIpc) is 3.41. The molecular weight excluding hydrogens is 492 g/mol. The summed E-state index contributed by atoms with van der Waals surface area (Å²) in [6.45, 7) is 4.13. The van der Waals surface area contributed by atoms with Gasteiger partial charge in [-0.25, -0.2) is 4.79 Å². The Hall–Kier alpha value is -1.36. The van der Waals surface area contributed by atoms with Crippen molar-refractivity contribution in [2.45, 2.75) is 120 Å². The number of ether oxygens (including phenoxy) is 3. The van der Waals surface area contributed by atoms with E-state index < -0.39 is 46.6 Å². The second kappa shape index (κ2) is 9.08. The third kappa shape index (κ3) is 3.65. The van der Waals surface area contributed by atoms with Crippen molar-refractivity contribution in [2.24, 2.45) is 28.6 Å². The van der Waals surface area contributed by atoms with E-state index in [0.29, 0.717) is 45.1 Å². The smallest absolute Gasteiger partial charge is 0.331 e. The molecule has 6 aliphatic rings. The lowest BCUT2D eigenvalue weighted by Crippen LogP contribution is -2.69. The van der Waals surface area contributed by atoms with Gasteiger partial charge in [-0.15, -0.1) is 0 Å². The zero-order chi connectivity index (χ0) is 27.1. The van der Waals surface area contributed by atoms with Gasteiger partial charge in [-0.3, -0.25) is 0 Å². The molecule has 1 saturated heterocycles. The van der Waals surface area contributed by atoms with Gasteiger partial charge in [0.2, 0.25) is 0 Å². The van der Waals surface area contributed by atoms with E-state index in [-0.39, 0.29) is 36.2 Å². The molecule has 9 nitrogen and oxygen atoms in total. The number of hydrogen-bond donors (Lipinski definition) is 4. The molecular formula is C29H42O9. The van der Waals surface area contributed by atoms with E-state index in [1.54, 1.807) is 13.0 Å². The van der Waals surface area contributed by atoms with Crippen LogP contribution in [0.1, 0.15) is 78.1 Å². The van der Waals surface area contributed by atoms with Crippen LogP contribution in [0, 0.1) is 28.6 Å². The van der Waals surface area contributed by atoms with Crippen molar-refractivity contribution >= 4 is 12.3 Å². The Morgan fingerprint density at radius 1 is 1.05 bits per heavy atom. The standard InChI is InChI=1S/C29H42O9/c1-16-25(33)22(31)12-24(37-16)38-18-3-8-27(15-30)20-4-7-26(2)19(17-11-23(32)36-14-17)6-10-29(26,35)21(20)5-9-28(27,34)13-18/h11,15-16,18-22,24-25,31,33-35H,3-10,12-14H2,1-2H3/t16-,18+,19-,20+,21?,22-,24+,25-,26-,27+,28+,29+/m1/s1.